The molecule has 2 amide bonds. The minimum Gasteiger partial charge on any atom is -0.326 e. The van der Waals surface area contributed by atoms with Crippen molar-refractivity contribution in [3.8, 4) is 0 Å². The molecule has 130 valence electrons. The van der Waals surface area contributed by atoms with Crippen LogP contribution in [0.2, 0.25) is 10.0 Å². The van der Waals surface area contributed by atoms with Gasteiger partial charge in [0.25, 0.3) is 0 Å². The summed E-state index contributed by atoms with van der Waals surface area (Å²) in [6.07, 6.45) is 0.0586. The molecule has 1 aliphatic heterocycles. The number of hydrogen-bond donors (Lipinski definition) is 1. The maximum Gasteiger partial charge on any atom is 0.229 e. The van der Waals surface area contributed by atoms with E-state index >= 15 is 0 Å². The van der Waals surface area contributed by atoms with Crippen molar-refractivity contribution in [1.82, 2.24) is 0 Å². The Balaban J connectivity index is 1.74. The van der Waals surface area contributed by atoms with Crippen LogP contribution in [0.5, 0.6) is 0 Å². The van der Waals surface area contributed by atoms with E-state index in [9.17, 15) is 14.0 Å². The Hall–Kier alpha value is -2.11. The van der Waals surface area contributed by atoms with Crippen LogP contribution in [-0.4, -0.2) is 18.4 Å². The van der Waals surface area contributed by atoms with Crippen LogP contribution in [0.4, 0.5) is 15.8 Å². The van der Waals surface area contributed by atoms with E-state index in [2.05, 4.69) is 5.32 Å². The van der Waals surface area contributed by atoms with Crippen molar-refractivity contribution in [3.63, 3.8) is 0 Å². The van der Waals surface area contributed by atoms with E-state index in [-0.39, 0.29) is 29.8 Å². The van der Waals surface area contributed by atoms with Crippen LogP contribution in [0.1, 0.15) is 12.0 Å². The lowest BCUT2D eigenvalue weighted by Crippen LogP contribution is -2.28. The fraction of sp³-hybridized carbons (Fsp3) is 0.222. The van der Waals surface area contributed by atoms with Gasteiger partial charge in [0.05, 0.1) is 21.7 Å². The second-order valence-corrected chi connectivity index (χ2v) is 6.72. The Morgan fingerprint density at radius 2 is 2.04 bits per heavy atom. The Morgan fingerprint density at radius 3 is 2.76 bits per heavy atom. The number of aryl methyl sites for hydroxylation is 1. The summed E-state index contributed by atoms with van der Waals surface area (Å²) in [6.45, 7) is 1.84. The zero-order valence-corrected chi connectivity index (χ0v) is 14.9. The predicted octanol–water partition coefficient (Wildman–Crippen LogP) is 4.43. The van der Waals surface area contributed by atoms with Crippen LogP contribution in [0.25, 0.3) is 0 Å². The minimum absolute atomic E-state index is 0.0586. The summed E-state index contributed by atoms with van der Waals surface area (Å²) >= 11 is 12.1. The van der Waals surface area contributed by atoms with Crippen molar-refractivity contribution in [3.05, 3.63) is 57.8 Å². The monoisotopic (exact) mass is 380 g/mol. The third kappa shape index (κ3) is 3.62. The van der Waals surface area contributed by atoms with E-state index in [4.69, 9.17) is 23.2 Å². The molecule has 3 rings (SSSR count). The van der Waals surface area contributed by atoms with Crippen LogP contribution in [0.3, 0.4) is 0 Å². The Bertz CT molecular complexity index is 857. The summed E-state index contributed by atoms with van der Waals surface area (Å²) in [5.41, 5.74) is 1.34. The zero-order valence-electron chi connectivity index (χ0n) is 13.4. The van der Waals surface area contributed by atoms with E-state index in [0.29, 0.717) is 22.0 Å². The van der Waals surface area contributed by atoms with E-state index in [0.717, 1.165) is 0 Å². The quantitative estimate of drug-likeness (QED) is 0.855. The van der Waals surface area contributed by atoms with E-state index in [1.54, 1.807) is 37.3 Å². The van der Waals surface area contributed by atoms with Gasteiger partial charge in [0.1, 0.15) is 5.82 Å². The smallest absolute Gasteiger partial charge is 0.229 e. The van der Waals surface area contributed by atoms with Gasteiger partial charge in [-0.2, -0.15) is 0 Å². The van der Waals surface area contributed by atoms with Gasteiger partial charge in [0.2, 0.25) is 11.8 Å². The van der Waals surface area contributed by atoms with Crippen LogP contribution in [0, 0.1) is 18.7 Å². The second-order valence-electron chi connectivity index (χ2n) is 5.93. The highest BCUT2D eigenvalue weighted by molar-refractivity contribution is 6.44. The van der Waals surface area contributed by atoms with Crippen LogP contribution >= 0.6 is 23.2 Å². The third-order valence-electron chi connectivity index (χ3n) is 4.16. The molecule has 1 heterocycles. The number of nitrogens with zero attached hydrogens (tertiary/aromatic N) is 1. The second kappa shape index (κ2) is 7.02. The average molecular weight is 381 g/mol. The molecule has 25 heavy (non-hydrogen) atoms. The number of nitrogens with one attached hydrogen (secondary N) is 1. The predicted molar refractivity (Wildman–Crippen MR) is 96.7 cm³/mol. The van der Waals surface area contributed by atoms with E-state index < -0.39 is 11.7 Å². The van der Waals surface area contributed by atoms with E-state index in [1.807, 2.05) is 0 Å². The topological polar surface area (TPSA) is 49.4 Å². The highest BCUT2D eigenvalue weighted by atomic mass is 35.5. The van der Waals surface area contributed by atoms with Gasteiger partial charge in [-0.05, 0) is 36.8 Å². The molecule has 0 aliphatic carbocycles. The van der Waals surface area contributed by atoms with Crippen molar-refractivity contribution < 1.29 is 14.0 Å². The number of carbonyl (C=O) groups is 2. The number of rotatable bonds is 3. The fourth-order valence-corrected chi connectivity index (χ4v) is 3.13. The lowest BCUT2D eigenvalue weighted by atomic mass is 10.1. The van der Waals surface area contributed by atoms with Gasteiger partial charge in [-0.1, -0.05) is 35.3 Å². The van der Waals surface area contributed by atoms with Gasteiger partial charge in [-0.15, -0.1) is 0 Å². The summed E-state index contributed by atoms with van der Waals surface area (Å²) in [4.78, 5) is 26.2. The standard InChI is InChI=1S/C18H15Cl2FN2O2/c1-10-5-6-12(8-14(10)21)22-18(25)11-7-16(24)23(9-11)15-4-2-3-13(19)17(15)20/h2-6,8,11H,7,9H2,1H3,(H,22,25)/t11-/m0/s1. The summed E-state index contributed by atoms with van der Waals surface area (Å²) in [7, 11) is 0. The molecule has 1 fully saturated rings. The third-order valence-corrected chi connectivity index (χ3v) is 4.97. The molecule has 0 saturated carbocycles. The fourth-order valence-electron chi connectivity index (χ4n) is 2.73. The molecule has 2 aromatic rings. The highest BCUT2D eigenvalue weighted by Gasteiger charge is 2.36. The molecule has 0 bridgehead atoms. The van der Waals surface area contributed by atoms with Crippen molar-refractivity contribution in [2.24, 2.45) is 5.92 Å². The first kappa shape index (κ1) is 17.7. The van der Waals surface area contributed by atoms with Crippen molar-refractivity contribution in [2.75, 3.05) is 16.8 Å². The Kier molecular flexibility index (Phi) is 4.97. The molecule has 4 nitrogen and oxygen atoms in total. The van der Waals surface area contributed by atoms with E-state index in [1.165, 1.54) is 11.0 Å². The zero-order chi connectivity index (χ0) is 18.1. The number of hydrogen-bond acceptors (Lipinski definition) is 2. The van der Waals surface area contributed by atoms with Crippen LogP contribution < -0.4 is 10.2 Å². The molecule has 0 spiro atoms. The molecule has 7 heteroatoms. The first-order valence-corrected chi connectivity index (χ1v) is 8.44. The molecule has 1 N–H and O–H groups in total. The van der Waals surface area contributed by atoms with Crippen molar-refractivity contribution >= 4 is 46.4 Å². The molecular weight excluding hydrogens is 366 g/mol. The van der Waals surface area contributed by atoms with Crippen molar-refractivity contribution in [2.45, 2.75) is 13.3 Å². The molecule has 0 radical (unpaired) electrons. The molecule has 0 unspecified atom stereocenters. The Labute approximate surface area is 154 Å². The first-order chi connectivity index (χ1) is 11.9. The summed E-state index contributed by atoms with van der Waals surface area (Å²) < 4.78 is 13.6. The summed E-state index contributed by atoms with van der Waals surface area (Å²) in [5, 5.41) is 3.27. The number of benzene rings is 2. The normalized spacial score (nSPS) is 17.0. The lowest BCUT2D eigenvalue weighted by molar-refractivity contribution is -0.122. The lowest BCUT2D eigenvalue weighted by Gasteiger charge is -2.18. The SMILES string of the molecule is Cc1ccc(NC(=O)[C@H]2CC(=O)N(c3cccc(Cl)c3Cl)C2)cc1F. The number of amides is 2. The molecular formula is C18H15Cl2FN2O2. The van der Waals surface area contributed by atoms with Gasteiger partial charge in [0, 0.05) is 18.7 Å². The minimum atomic E-state index is -0.549. The average Bonchev–Trinajstić information content (AvgIpc) is 2.95. The first-order valence-electron chi connectivity index (χ1n) is 7.68. The number of carbonyl (C=O) groups excluding carboxylic acids is 2. The van der Waals surface area contributed by atoms with Gasteiger partial charge in [-0.25, -0.2) is 4.39 Å². The van der Waals surface area contributed by atoms with Gasteiger partial charge in [-0.3, -0.25) is 9.59 Å². The van der Waals surface area contributed by atoms with Gasteiger partial charge in [0.15, 0.2) is 0 Å². The maximum atomic E-state index is 13.6. The molecule has 0 aromatic heterocycles. The number of anilines is 2. The van der Waals surface area contributed by atoms with Crippen molar-refractivity contribution in [1.29, 1.82) is 0 Å². The molecule has 2 aromatic carbocycles. The highest BCUT2D eigenvalue weighted by Crippen LogP contribution is 2.35. The Morgan fingerprint density at radius 1 is 1.28 bits per heavy atom. The molecule has 1 aliphatic rings. The van der Waals surface area contributed by atoms with Crippen LogP contribution in [-0.2, 0) is 9.59 Å². The maximum absolute atomic E-state index is 13.6. The van der Waals surface area contributed by atoms with Gasteiger partial charge >= 0.3 is 0 Å². The van der Waals surface area contributed by atoms with Gasteiger partial charge < -0.3 is 10.2 Å². The number of halogens is 3. The molecule has 1 saturated heterocycles. The summed E-state index contributed by atoms with van der Waals surface area (Å²) in [6, 6.07) is 9.47. The summed E-state index contributed by atoms with van der Waals surface area (Å²) in [5.74, 6) is -1.49. The largest absolute Gasteiger partial charge is 0.326 e. The molecule has 1 atom stereocenters. The van der Waals surface area contributed by atoms with Crippen LogP contribution in [0.15, 0.2) is 36.4 Å².